The zero-order chi connectivity index (χ0) is 14.2. The number of hydrogen-bond acceptors (Lipinski definition) is 1. The molecule has 0 fully saturated rings. The van der Waals surface area contributed by atoms with Crippen molar-refractivity contribution in [1.29, 1.82) is 0 Å². The monoisotopic (exact) mass is 249 g/mol. The molecule has 2 N–H and O–H groups in total. The maximum absolute atomic E-state index is 5.65. The highest BCUT2D eigenvalue weighted by atomic mass is 14.5. The lowest BCUT2D eigenvalue weighted by Gasteiger charge is -2.24. The molecule has 0 heterocycles. The van der Waals surface area contributed by atoms with Gasteiger partial charge in [-0.2, -0.15) is 0 Å². The van der Waals surface area contributed by atoms with Crippen LogP contribution in [0, 0.1) is 5.41 Å². The first-order chi connectivity index (χ1) is 8.44. The van der Waals surface area contributed by atoms with Gasteiger partial charge in [0.15, 0.2) is 0 Å². The fourth-order valence-electron chi connectivity index (χ4n) is 2.09. The first-order valence-electron chi connectivity index (χ1n) is 7.23. The molecule has 1 aromatic carbocycles. The number of rotatable bonds is 5. The van der Waals surface area contributed by atoms with Crippen LogP contribution in [0.15, 0.2) is 24.3 Å². The average molecular weight is 249 g/mol. The van der Waals surface area contributed by atoms with Crippen molar-refractivity contribution >= 4 is 0 Å². The normalized spacial score (nSPS) is 11.1. The van der Waals surface area contributed by atoms with Gasteiger partial charge >= 0.3 is 0 Å². The lowest BCUT2D eigenvalue weighted by Crippen LogP contribution is -2.19. The van der Waals surface area contributed by atoms with E-state index in [-0.39, 0.29) is 0 Å². The van der Waals surface area contributed by atoms with E-state index in [1.165, 1.54) is 11.1 Å². The minimum Gasteiger partial charge on any atom is -0.330 e. The maximum atomic E-state index is 5.65. The Hall–Kier alpha value is -0.820. The van der Waals surface area contributed by atoms with Gasteiger partial charge in [-0.1, -0.05) is 65.8 Å². The van der Waals surface area contributed by atoms with Crippen LogP contribution in [0.4, 0.5) is 0 Å². The predicted octanol–water partition coefficient (Wildman–Crippen LogP) is 4.75. The third kappa shape index (κ3) is 6.20. The van der Waals surface area contributed by atoms with E-state index in [1.807, 2.05) is 13.8 Å². The van der Waals surface area contributed by atoms with Crippen molar-refractivity contribution in [1.82, 2.24) is 0 Å². The smallest absolute Gasteiger partial charge is 0.00721 e. The van der Waals surface area contributed by atoms with Crippen molar-refractivity contribution < 1.29 is 0 Å². The summed E-state index contributed by atoms with van der Waals surface area (Å²) in [6.07, 6.45) is 2.20. The van der Waals surface area contributed by atoms with Gasteiger partial charge in [-0.25, -0.2) is 0 Å². The first-order valence-corrected chi connectivity index (χ1v) is 7.23. The third-order valence-corrected chi connectivity index (χ3v) is 3.12. The molecule has 0 aliphatic rings. The molecule has 0 amide bonds. The second-order valence-electron chi connectivity index (χ2n) is 5.78. The SMILES string of the molecule is CC.CC(C)c1cccc(CC(C)(C)CCN)c1. The molecule has 0 spiro atoms. The topological polar surface area (TPSA) is 26.0 Å². The minimum absolute atomic E-state index is 0.310. The van der Waals surface area contributed by atoms with Crippen molar-refractivity contribution in [3.05, 3.63) is 35.4 Å². The lowest BCUT2D eigenvalue weighted by molar-refractivity contribution is 0.338. The number of nitrogens with two attached hydrogens (primary N) is 1. The molecule has 0 atom stereocenters. The van der Waals surface area contributed by atoms with Gasteiger partial charge in [0, 0.05) is 0 Å². The van der Waals surface area contributed by atoms with Crippen molar-refractivity contribution in [2.45, 2.75) is 60.3 Å². The maximum Gasteiger partial charge on any atom is -0.00721 e. The molecule has 0 bridgehead atoms. The molecule has 104 valence electrons. The van der Waals surface area contributed by atoms with Crippen LogP contribution in [0.25, 0.3) is 0 Å². The molecule has 0 aromatic heterocycles. The molecule has 0 radical (unpaired) electrons. The van der Waals surface area contributed by atoms with Crippen LogP contribution in [0.1, 0.15) is 65.0 Å². The summed E-state index contributed by atoms with van der Waals surface area (Å²) in [6, 6.07) is 8.94. The Kier molecular flexibility index (Phi) is 7.93. The molecule has 1 rings (SSSR count). The number of benzene rings is 1. The summed E-state index contributed by atoms with van der Waals surface area (Å²) in [5, 5.41) is 0. The Labute approximate surface area is 114 Å². The zero-order valence-electron chi connectivity index (χ0n) is 13.1. The van der Waals surface area contributed by atoms with Crippen LogP contribution in [0.2, 0.25) is 0 Å². The van der Waals surface area contributed by atoms with Crippen LogP contribution in [0.3, 0.4) is 0 Å². The Morgan fingerprint density at radius 1 is 1.17 bits per heavy atom. The Morgan fingerprint density at radius 2 is 1.78 bits per heavy atom. The van der Waals surface area contributed by atoms with Gasteiger partial charge in [-0.3, -0.25) is 0 Å². The summed E-state index contributed by atoms with van der Waals surface area (Å²) in [5.74, 6) is 0.609. The van der Waals surface area contributed by atoms with Gasteiger partial charge in [0.1, 0.15) is 0 Å². The van der Waals surface area contributed by atoms with Crippen molar-refractivity contribution in [2.24, 2.45) is 11.1 Å². The van der Waals surface area contributed by atoms with Crippen molar-refractivity contribution in [3.63, 3.8) is 0 Å². The summed E-state index contributed by atoms with van der Waals surface area (Å²) in [6.45, 7) is 13.8. The molecule has 1 nitrogen and oxygen atoms in total. The largest absolute Gasteiger partial charge is 0.330 e. The van der Waals surface area contributed by atoms with Gasteiger partial charge in [0.05, 0.1) is 0 Å². The van der Waals surface area contributed by atoms with Crippen LogP contribution < -0.4 is 5.73 Å². The van der Waals surface area contributed by atoms with E-state index >= 15 is 0 Å². The predicted molar refractivity (Wildman–Crippen MR) is 83.0 cm³/mol. The van der Waals surface area contributed by atoms with Gasteiger partial charge in [-0.15, -0.1) is 0 Å². The van der Waals surface area contributed by atoms with Crippen LogP contribution in [-0.4, -0.2) is 6.54 Å². The van der Waals surface area contributed by atoms with Gasteiger partial charge < -0.3 is 5.73 Å². The molecule has 18 heavy (non-hydrogen) atoms. The standard InChI is InChI=1S/C15H25N.C2H6/c1-12(2)14-7-5-6-13(10-14)11-15(3,4)8-9-16;1-2/h5-7,10,12H,8-9,11,16H2,1-4H3;1-2H3. The zero-order valence-corrected chi connectivity index (χ0v) is 13.1. The molecule has 0 unspecified atom stereocenters. The number of hydrogen-bond donors (Lipinski definition) is 1. The van der Waals surface area contributed by atoms with Crippen LogP contribution in [0.5, 0.6) is 0 Å². The van der Waals surface area contributed by atoms with Gasteiger partial charge in [-0.05, 0) is 41.8 Å². The summed E-state index contributed by atoms with van der Waals surface area (Å²) in [4.78, 5) is 0. The highest BCUT2D eigenvalue weighted by Gasteiger charge is 2.17. The quantitative estimate of drug-likeness (QED) is 0.800. The Balaban J connectivity index is 0.00000137. The Bertz CT molecular complexity index is 326. The second-order valence-corrected chi connectivity index (χ2v) is 5.78. The van der Waals surface area contributed by atoms with Gasteiger partial charge in [0.25, 0.3) is 0 Å². The Morgan fingerprint density at radius 3 is 2.28 bits per heavy atom. The first kappa shape index (κ1) is 17.2. The molecule has 0 aliphatic carbocycles. The van der Waals surface area contributed by atoms with E-state index < -0.39 is 0 Å². The summed E-state index contributed by atoms with van der Waals surface area (Å²) >= 11 is 0. The molecule has 0 aliphatic heterocycles. The van der Waals surface area contributed by atoms with Crippen LogP contribution in [-0.2, 0) is 6.42 Å². The van der Waals surface area contributed by atoms with E-state index in [0.717, 1.165) is 19.4 Å². The van der Waals surface area contributed by atoms with Gasteiger partial charge in [0.2, 0.25) is 0 Å². The third-order valence-electron chi connectivity index (χ3n) is 3.12. The van der Waals surface area contributed by atoms with Crippen LogP contribution >= 0.6 is 0 Å². The summed E-state index contributed by atoms with van der Waals surface area (Å²) in [7, 11) is 0. The van der Waals surface area contributed by atoms with E-state index in [9.17, 15) is 0 Å². The molecule has 0 saturated carbocycles. The summed E-state index contributed by atoms with van der Waals surface area (Å²) < 4.78 is 0. The minimum atomic E-state index is 0.310. The highest BCUT2D eigenvalue weighted by molar-refractivity contribution is 5.26. The molecular weight excluding hydrogens is 218 g/mol. The van der Waals surface area contributed by atoms with E-state index in [4.69, 9.17) is 5.73 Å². The molecule has 1 heteroatoms. The fourth-order valence-corrected chi connectivity index (χ4v) is 2.09. The molecule has 1 aromatic rings. The van der Waals surface area contributed by atoms with Crippen molar-refractivity contribution in [3.8, 4) is 0 Å². The molecule has 0 saturated heterocycles. The lowest BCUT2D eigenvalue weighted by atomic mass is 9.82. The second kappa shape index (κ2) is 8.31. The van der Waals surface area contributed by atoms with E-state index in [1.54, 1.807) is 0 Å². The van der Waals surface area contributed by atoms with E-state index in [0.29, 0.717) is 11.3 Å². The average Bonchev–Trinajstić information content (AvgIpc) is 2.31. The highest BCUT2D eigenvalue weighted by Crippen LogP contribution is 2.26. The summed E-state index contributed by atoms with van der Waals surface area (Å²) in [5.41, 5.74) is 8.82. The fraction of sp³-hybridized carbons (Fsp3) is 0.647. The van der Waals surface area contributed by atoms with Crippen molar-refractivity contribution in [2.75, 3.05) is 6.54 Å². The molecular formula is C17H31N. The van der Waals surface area contributed by atoms with E-state index in [2.05, 4.69) is 52.0 Å².